The number of amides is 1. The quantitative estimate of drug-likeness (QED) is 0.626. The number of rotatable bonds is 6. The largest absolute Gasteiger partial charge is 0.487 e. The van der Waals surface area contributed by atoms with Crippen LogP contribution in [0.2, 0.25) is 10.0 Å². The van der Waals surface area contributed by atoms with Crippen LogP contribution < -0.4 is 10.1 Å². The molecule has 24 heavy (non-hydrogen) atoms. The number of oxime groups is 1. The van der Waals surface area contributed by atoms with Gasteiger partial charge in [0.25, 0.3) is 5.91 Å². The summed E-state index contributed by atoms with van der Waals surface area (Å²) in [5.41, 5.74) is 1.55. The van der Waals surface area contributed by atoms with Crippen LogP contribution in [0.25, 0.3) is 0 Å². The van der Waals surface area contributed by atoms with E-state index in [-0.39, 0.29) is 18.2 Å². The number of ether oxygens (including phenoxy) is 1. The van der Waals surface area contributed by atoms with Crippen LogP contribution in [0.3, 0.4) is 0 Å². The fraction of sp³-hybridized carbons (Fsp3) is 0.176. The molecule has 2 aromatic rings. The van der Waals surface area contributed by atoms with Crippen LogP contribution in [-0.4, -0.2) is 25.8 Å². The molecule has 0 aromatic heterocycles. The molecule has 0 spiro atoms. The SMILES string of the molecule is CNC(=O)C(=NOC)c1ccccc1COc1ccc(Cl)cc1Cl. The fourth-order valence-electron chi connectivity index (χ4n) is 2.05. The van der Waals surface area contributed by atoms with Gasteiger partial charge in [-0.05, 0) is 23.8 Å². The summed E-state index contributed by atoms with van der Waals surface area (Å²) in [5.74, 6) is 0.148. The number of nitrogens with one attached hydrogen (secondary N) is 1. The smallest absolute Gasteiger partial charge is 0.273 e. The van der Waals surface area contributed by atoms with Crippen molar-refractivity contribution in [2.45, 2.75) is 6.61 Å². The zero-order valence-corrected chi connectivity index (χ0v) is 14.7. The number of benzene rings is 2. The molecule has 0 radical (unpaired) electrons. The minimum Gasteiger partial charge on any atom is -0.487 e. The molecule has 0 bridgehead atoms. The van der Waals surface area contributed by atoms with E-state index in [9.17, 15) is 4.79 Å². The van der Waals surface area contributed by atoms with Gasteiger partial charge in [0.1, 0.15) is 19.5 Å². The molecule has 1 N–H and O–H groups in total. The van der Waals surface area contributed by atoms with Crippen molar-refractivity contribution in [3.63, 3.8) is 0 Å². The standard InChI is InChI=1S/C17H16Cl2N2O3/c1-20-17(22)16(21-23-2)13-6-4-3-5-11(13)10-24-15-8-7-12(18)9-14(15)19/h3-9H,10H2,1-2H3,(H,20,22). The van der Waals surface area contributed by atoms with Crippen molar-refractivity contribution in [1.29, 1.82) is 0 Å². The van der Waals surface area contributed by atoms with E-state index in [1.54, 1.807) is 24.3 Å². The third kappa shape index (κ3) is 4.40. The molecule has 0 saturated carbocycles. The Labute approximate surface area is 150 Å². The summed E-state index contributed by atoms with van der Waals surface area (Å²) in [4.78, 5) is 16.8. The van der Waals surface area contributed by atoms with Crippen molar-refractivity contribution < 1.29 is 14.4 Å². The second kappa shape index (κ2) is 8.57. The molecule has 2 aromatic carbocycles. The number of hydrogen-bond donors (Lipinski definition) is 1. The molecule has 0 saturated heterocycles. The summed E-state index contributed by atoms with van der Waals surface area (Å²) in [5, 5.41) is 7.30. The summed E-state index contributed by atoms with van der Waals surface area (Å²) in [6, 6.07) is 12.3. The summed E-state index contributed by atoms with van der Waals surface area (Å²) in [7, 11) is 2.91. The number of likely N-dealkylation sites (N-methyl/N-ethyl adjacent to an activating group) is 1. The molecular formula is C17H16Cl2N2O3. The highest BCUT2D eigenvalue weighted by molar-refractivity contribution is 6.45. The highest BCUT2D eigenvalue weighted by Crippen LogP contribution is 2.28. The van der Waals surface area contributed by atoms with E-state index in [1.807, 2.05) is 18.2 Å². The van der Waals surface area contributed by atoms with Gasteiger partial charge < -0.3 is 14.9 Å². The van der Waals surface area contributed by atoms with Crippen molar-refractivity contribution in [2.75, 3.05) is 14.2 Å². The molecule has 5 nitrogen and oxygen atoms in total. The molecule has 126 valence electrons. The zero-order chi connectivity index (χ0) is 17.5. The first-order valence-electron chi connectivity index (χ1n) is 7.06. The predicted molar refractivity (Wildman–Crippen MR) is 94.8 cm³/mol. The van der Waals surface area contributed by atoms with Crippen molar-refractivity contribution in [3.8, 4) is 5.75 Å². The molecular weight excluding hydrogens is 351 g/mol. The second-order valence-electron chi connectivity index (χ2n) is 4.72. The van der Waals surface area contributed by atoms with Gasteiger partial charge in [0.2, 0.25) is 0 Å². The Bertz CT molecular complexity index is 763. The summed E-state index contributed by atoms with van der Waals surface area (Å²) in [6.45, 7) is 0.206. The van der Waals surface area contributed by atoms with Crippen molar-refractivity contribution in [3.05, 3.63) is 63.6 Å². The zero-order valence-electron chi connectivity index (χ0n) is 13.2. The highest BCUT2D eigenvalue weighted by Gasteiger charge is 2.17. The number of carbonyl (C=O) groups excluding carboxylic acids is 1. The Balaban J connectivity index is 2.28. The highest BCUT2D eigenvalue weighted by atomic mass is 35.5. The maximum Gasteiger partial charge on any atom is 0.273 e. The number of halogens is 2. The third-order valence-electron chi connectivity index (χ3n) is 3.17. The van der Waals surface area contributed by atoms with Gasteiger partial charge in [0.15, 0.2) is 5.71 Å². The van der Waals surface area contributed by atoms with E-state index in [4.69, 9.17) is 32.8 Å². The van der Waals surface area contributed by atoms with Crippen LogP contribution in [0.5, 0.6) is 5.75 Å². The van der Waals surface area contributed by atoms with Crippen molar-refractivity contribution >= 4 is 34.8 Å². The lowest BCUT2D eigenvalue weighted by Gasteiger charge is -2.13. The summed E-state index contributed by atoms with van der Waals surface area (Å²) in [6.07, 6.45) is 0. The number of carbonyl (C=O) groups is 1. The Morgan fingerprint density at radius 1 is 1.21 bits per heavy atom. The lowest BCUT2D eigenvalue weighted by Crippen LogP contribution is -2.29. The maximum absolute atomic E-state index is 12.0. The third-order valence-corrected chi connectivity index (χ3v) is 3.70. The molecule has 0 aliphatic rings. The first kappa shape index (κ1) is 18.1. The van der Waals surface area contributed by atoms with E-state index in [0.29, 0.717) is 21.4 Å². The average molecular weight is 367 g/mol. The lowest BCUT2D eigenvalue weighted by molar-refractivity contribution is -0.114. The maximum atomic E-state index is 12.0. The van der Waals surface area contributed by atoms with E-state index in [2.05, 4.69) is 10.5 Å². The van der Waals surface area contributed by atoms with Gasteiger partial charge in [-0.25, -0.2) is 0 Å². The van der Waals surface area contributed by atoms with Crippen LogP contribution in [0.4, 0.5) is 0 Å². The monoisotopic (exact) mass is 366 g/mol. The number of nitrogens with zero attached hydrogens (tertiary/aromatic N) is 1. The van der Waals surface area contributed by atoms with Crippen LogP contribution >= 0.6 is 23.2 Å². The summed E-state index contributed by atoms with van der Waals surface area (Å²) >= 11 is 12.0. The molecule has 0 aliphatic carbocycles. The molecule has 2 rings (SSSR count). The lowest BCUT2D eigenvalue weighted by atomic mass is 10.0. The van der Waals surface area contributed by atoms with E-state index in [0.717, 1.165) is 5.56 Å². The molecule has 1 amide bonds. The molecule has 0 fully saturated rings. The normalized spacial score (nSPS) is 11.1. The molecule has 0 unspecified atom stereocenters. The van der Waals surface area contributed by atoms with Gasteiger partial charge in [-0.2, -0.15) is 0 Å². The van der Waals surface area contributed by atoms with Gasteiger partial charge in [-0.3, -0.25) is 4.79 Å². The van der Waals surface area contributed by atoms with E-state index < -0.39 is 0 Å². The molecule has 0 aliphatic heterocycles. The predicted octanol–water partition coefficient (Wildman–Crippen LogP) is 3.67. The Morgan fingerprint density at radius 3 is 2.62 bits per heavy atom. The van der Waals surface area contributed by atoms with Crippen LogP contribution in [0, 0.1) is 0 Å². The van der Waals surface area contributed by atoms with E-state index >= 15 is 0 Å². The average Bonchev–Trinajstić information content (AvgIpc) is 2.59. The van der Waals surface area contributed by atoms with E-state index in [1.165, 1.54) is 14.2 Å². The first-order valence-corrected chi connectivity index (χ1v) is 7.81. The van der Waals surface area contributed by atoms with Gasteiger partial charge in [-0.15, -0.1) is 0 Å². The Kier molecular flexibility index (Phi) is 6.46. The van der Waals surface area contributed by atoms with Crippen LogP contribution in [-0.2, 0) is 16.2 Å². The Hall–Kier alpha value is -2.24. The molecule has 0 heterocycles. The first-order chi connectivity index (χ1) is 11.6. The van der Waals surface area contributed by atoms with Gasteiger partial charge >= 0.3 is 0 Å². The molecule has 0 atom stereocenters. The van der Waals surface area contributed by atoms with Crippen LogP contribution in [0.1, 0.15) is 11.1 Å². The topological polar surface area (TPSA) is 59.9 Å². The van der Waals surface area contributed by atoms with Gasteiger partial charge in [0, 0.05) is 17.6 Å². The fourth-order valence-corrected chi connectivity index (χ4v) is 2.51. The minimum absolute atomic E-state index is 0.168. The van der Waals surface area contributed by atoms with Gasteiger partial charge in [-0.1, -0.05) is 52.6 Å². The number of hydrogen-bond acceptors (Lipinski definition) is 4. The summed E-state index contributed by atoms with van der Waals surface area (Å²) < 4.78 is 5.74. The van der Waals surface area contributed by atoms with Crippen molar-refractivity contribution in [2.24, 2.45) is 5.16 Å². The van der Waals surface area contributed by atoms with Crippen LogP contribution in [0.15, 0.2) is 47.6 Å². The Morgan fingerprint density at radius 2 is 1.96 bits per heavy atom. The van der Waals surface area contributed by atoms with Gasteiger partial charge in [0.05, 0.1) is 5.02 Å². The molecule has 7 heteroatoms. The second-order valence-corrected chi connectivity index (χ2v) is 5.57. The minimum atomic E-state index is -0.353. The van der Waals surface area contributed by atoms with Crippen molar-refractivity contribution in [1.82, 2.24) is 5.32 Å².